The molecule has 0 bridgehead atoms. The van der Waals surface area contributed by atoms with Crippen LogP contribution in [0.25, 0.3) is 0 Å². The molecule has 0 unspecified atom stereocenters. The number of phenols is 2. The minimum atomic E-state index is -0.125. The van der Waals surface area contributed by atoms with Crippen LogP contribution in [0.2, 0.25) is 0 Å². The number of aromatic hydroxyl groups is 2. The van der Waals surface area contributed by atoms with Crippen molar-refractivity contribution < 1.29 is 10.2 Å². The number of phenolic OH excluding ortho intramolecular Hbond substituents is 2. The second kappa shape index (κ2) is 5.13. The number of nitrogens with zero attached hydrogens (tertiary/aromatic N) is 3. The number of amidine groups is 1. The fraction of sp³-hybridized carbons (Fsp3) is 0.385. The second-order valence-electron chi connectivity index (χ2n) is 4.62. The maximum absolute atomic E-state index is 9.50. The first-order valence-electron chi connectivity index (χ1n) is 6.28. The maximum Gasteiger partial charge on any atom is 0.186 e. The maximum atomic E-state index is 9.50. The Morgan fingerprint density at radius 3 is 2.47 bits per heavy atom. The SMILES string of the molecule is Oc1ccc(C2=NN=C(N3CCCC3)SC2)cc1O. The van der Waals surface area contributed by atoms with Crippen LogP contribution in [0.1, 0.15) is 18.4 Å². The first-order valence-corrected chi connectivity index (χ1v) is 7.27. The highest BCUT2D eigenvalue weighted by atomic mass is 32.2. The number of rotatable bonds is 1. The first-order chi connectivity index (χ1) is 9.24. The van der Waals surface area contributed by atoms with Gasteiger partial charge in [0.25, 0.3) is 0 Å². The van der Waals surface area contributed by atoms with Gasteiger partial charge in [0.05, 0.1) is 5.71 Å². The van der Waals surface area contributed by atoms with Crippen molar-refractivity contribution in [3.63, 3.8) is 0 Å². The zero-order valence-electron chi connectivity index (χ0n) is 10.4. The Kier molecular flexibility index (Phi) is 3.33. The Labute approximate surface area is 115 Å². The molecule has 6 heteroatoms. The number of benzene rings is 1. The summed E-state index contributed by atoms with van der Waals surface area (Å²) in [4.78, 5) is 2.26. The van der Waals surface area contributed by atoms with Crippen LogP contribution in [-0.4, -0.2) is 44.8 Å². The lowest BCUT2D eigenvalue weighted by molar-refractivity contribution is 0.403. The molecule has 1 fully saturated rings. The van der Waals surface area contributed by atoms with E-state index in [1.807, 2.05) is 0 Å². The lowest BCUT2D eigenvalue weighted by Crippen LogP contribution is -2.27. The monoisotopic (exact) mass is 277 g/mol. The highest BCUT2D eigenvalue weighted by Crippen LogP contribution is 2.27. The van der Waals surface area contributed by atoms with Gasteiger partial charge in [-0.2, -0.15) is 5.10 Å². The summed E-state index contributed by atoms with van der Waals surface area (Å²) in [5.41, 5.74) is 1.62. The quantitative estimate of drug-likeness (QED) is 0.770. The summed E-state index contributed by atoms with van der Waals surface area (Å²) in [6.45, 7) is 2.13. The van der Waals surface area contributed by atoms with Gasteiger partial charge in [0, 0.05) is 24.4 Å². The molecule has 1 aromatic carbocycles. The molecule has 0 aromatic heterocycles. The fourth-order valence-corrected chi connectivity index (χ4v) is 3.15. The largest absolute Gasteiger partial charge is 0.504 e. The van der Waals surface area contributed by atoms with Gasteiger partial charge in [-0.1, -0.05) is 11.8 Å². The van der Waals surface area contributed by atoms with Crippen LogP contribution in [0.5, 0.6) is 11.5 Å². The van der Waals surface area contributed by atoms with Gasteiger partial charge in [0.15, 0.2) is 16.7 Å². The summed E-state index contributed by atoms with van der Waals surface area (Å²) in [7, 11) is 0. The number of hydrogen-bond donors (Lipinski definition) is 2. The van der Waals surface area contributed by atoms with Crippen molar-refractivity contribution in [3.8, 4) is 11.5 Å². The summed E-state index contributed by atoms with van der Waals surface area (Å²) in [6, 6.07) is 4.73. The van der Waals surface area contributed by atoms with Gasteiger partial charge in [0.1, 0.15) is 0 Å². The van der Waals surface area contributed by atoms with Crippen LogP contribution in [0.3, 0.4) is 0 Å². The first kappa shape index (κ1) is 12.3. The third-order valence-electron chi connectivity index (χ3n) is 3.28. The van der Waals surface area contributed by atoms with Gasteiger partial charge in [-0.25, -0.2) is 0 Å². The van der Waals surface area contributed by atoms with Gasteiger partial charge in [0.2, 0.25) is 0 Å². The molecule has 0 amide bonds. The summed E-state index contributed by atoms with van der Waals surface area (Å²) < 4.78 is 0. The molecule has 1 saturated heterocycles. The summed E-state index contributed by atoms with van der Waals surface area (Å²) in [5, 5.41) is 28.3. The van der Waals surface area contributed by atoms with E-state index in [4.69, 9.17) is 0 Å². The van der Waals surface area contributed by atoms with Crippen molar-refractivity contribution in [2.24, 2.45) is 10.2 Å². The molecule has 100 valence electrons. The summed E-state index contributed by atoms with van der Waals surface area (Å²) in [6.07, 6.45) is 2.45. The minimum absolute atomic E-state index is 0.117. The number of hydrogen-bond acceptors (Lipinski definition) is 6. The van der Waals surface area contributed by atoms with Crippen molar-refractivity contribution in [2.75, 3.05) is 18.8 Å². The van der Waals surface area contributed by atoms with Gasteiger partial charge in [-0.05, 0) is 31.0 Å². The Hall–Kier alpha value is -1.69. The highest BCUT2D eigenvalue weighted by molar-refractivity contribution is 8.14. The van der Waals surface area contributed by atoms with Crippen LogP contribution in [0.15, 0.2) is 28.4 Å². The highest BCUT2D eigenvalue weighted by Gasteiger charge is 2.20. The lowest BCUT2D eigenvalue weighted by atomic mass is 10.1. The van der Waals surface area contributed by atoms with Gasteiger partial charge >= 0.3 is 0 Å². The molecule has 0 atom stereocenters. The van der Waals surface area contributed by atoms with Crippen molar-refractivity contribution in [1.82, 2.24) is 4.90 Å². The van der Waals surface area contributed by atoms with E-state index in [-0.39, 0.29) is 11.5 Å². The van der Waals surface area contributed by atoms with E-state index in [1.54, 1.807) is 17.8 Å². The molecular weight excluding hydrogens is 262 g/mol. The molecule has 0 radical (unpaired) electrons. The van der Waals surface area contributed by atoms with Gasteiger partial charge in [-0.15, -0.1) is 5.10 Å². The third kappa shape index (κ3) is 2.53. The normalized spacial score (nSPS) is 19.3. The van der Waals surface area contributed by atoms with Crippen LogP contribution in [0.4, 0.5) is 0 Å². The van der Waals surface area contributed by atoms with E-state index in [1.165, 1.54) is 25.0 Å². The van der Waals surface area contributed by atoms with Crippen LogP contribution >= 0.6 is 11.8 Å². The van der Waals surface area contributed by atoms with Crippen molar-refractivity contribution in [1.29, 1.82) is 0 Å². The second-order valence-corrected chi connectivity index (χ2v) is 5.56. The van der Waals surface area contributed by atoms with Crippen molar-refractivity contribution >= 4 is 22.6 Å². The van der Waals surface area contributed by atoms with Gasteiger partial charge in [-0.3, -0.25) is 0 Å². The predicted octanol–water partition coefficient (Wildman–Crippen LogP) is 2.00. The van der Waals surface area contributed by atoms with Crippen molar-refractivity contribution in [3.05, 3.63) is 23.8 Å². The Morgan fingerprint density at radius 1 is 1.05 bits per heavy atom. The third-order valence-corrected chi connectivity index (χ3v) is 4.30. The van der Waals surface area contributed by atoms with Crippen LogP contribution in [0, 0.1) is 0 Å². The molecule has 2 N–H and O–H groups in total. The average molecular weight is 277 g/mol. The Bertz CT molecular complexity index is 551. The van der Waals surface area contributed by atoms with E-state index in [0.717, 1.165) is 35.3 Å². The lowest BCUT2D eigenvalue weighted by Gasteiger charge is -2.21. The molecule has 1 aromatic rings. The molecule has 3 rings (SSSR count). The summed E-state index contributed by atoms with van der Waals surface area (Å²) >= 11 is 1.67. The molecule has 2 aliphatic rings. The molecule has 5 nitrogen and oxygen atoms in total. The molecule has 0 aliphatic carbocycles. The molecule has 0 spiro atoms. The van der Waals surface area contributed by atoms with Crippen LogP contribution < -0.4 is 0 Å². The molecule has 2 aliphatic heterocycles. The Morgan fingerprint density at radius 2 is 1.84 bits per heavy atom. The standard InChI is InChI=1S/C13H15N3O2S/c17-11-4-3-9(7-12(11)18)10-8-19-13(15-14-10)16-5-1-2-6-16/h3-4,7,17-18H,1-2,5-6,8H2. The Balaban J connectivity index is 1.81. The summed E-state index contributed by atoms with van der Waals surface area (Å²) in [5.74, 6) is 0.494. The minimum Gasteiger partial charge on any atom is -0.504 e. The number of thioether (sulfide) groups is 1. The smallest absolute Gasteiger partial charge is 0.186 e. The van der Waals surface area contributed by atoms with Gasteiger partial charge < -0.3 is 15.1 Å². The zero-order valence-corrected chi connectivity index (χ0v) is 11.2. The van der Waals surface area contributed by atoms with Crippen LogP contribution in [-0.2, 0) is 0 Å². The zero-order chi connectivity index (χ0) is 13.2. The molecule has 0 saturated carbocycles. The molecule has 2 heterocycles. The predicted molar refractivity (Wildman–Crippen MR) is 77.0 cm³/mol. The van der Waals surface area contributed by atoms with E-state index in [2.05, 4.69) is 15.1 Å². The number of likely N-dealkylation sites (tertiary alicyclic amines) is 1. The topological polar surface area (TPSA) is 68.4 Å². The van der Waals surface area contributed by atoms with Crippen molar-refractivity contribution in [2.45, 2.75) is 12.8 Å². The van der Waals surface area contributed by atoms with E-state index < -0.39 is 0 Å². The molecule has 19 heavy (non-hydrogen) atoms. The van der Waals surface area contributed by atoms with E-state index >= 15 is 0 Å². The molecular formula is C13H15N3O2S. The van der Waals surface area contributed by atoms with E-state index in [0.29, 0.717) is 0 Å². The average Bonchev–Trinajstić information content (AvgIpc) is 2.96. The fourth-order valence-electron chi connectivity index (χ4n) is 2.20. The van der Waals surface area contributed by atoms with E-state index in [9.17, 15) is 10.2 Å².